The number of benzene rings is 1. The lowest BCUT2D eigenvalue weighted by molar-refractivity contribution is -0.120. The first-order chi connectivity index (χ1) is 5.86. The van der Waals surface area contributed by atoms with Gasteiger partial charge in [-0.2, -0.15) is 0 Å². The molecule has 3 heteroatoms. The van der Waals surface area contributed by atoms with E-state index in [9.17, 15) is 4.79 Å². The molecule has 1 aliphatic rings. The summed E-state index contributed by atoms with van der Waals surface area (Å²) in [5.41, 5.74) is 1.89. The average Bonchev–Trinajstić information content (AvgIpc) is 2.25. The van der Waals surface area contributed by atoms with Gasteiger partial charge in [-0.3, -0.25) is 4.79 Å². The number of carbonyl (C=O) groups is 1. The number of fused-ring (bicyclic) bond motifs is 1. The molecule has 1 amide bonds. The number of anilines is 1. The number of hydrogen-bond acceptors (Lipinski definition) is 2. The molecule has 0 bridgehead atoms. The van der Waals surface area contributed by atoms with Gasteiger partial charge in [-0.1, -0.05) is 18.2 Å². The molecule has 1 aliphatic heterocycles. The molecule has 0 atom stereocenters. The van der Waals surface area contributed by atoms with Crippen molar-refractivity contribution in [3.63, 3.8) is 0 Å². The molecule has 2 rings (SSSR count). The van der Waals surface area contributed by atoms with Crippen molar-refractivity contribution in [2.24, 2.45) is 0 Å². The SMILES string of the molecule is O=C1COCc2ccccc2N1. The lowest BCUT2D eigenvalue weighted by Gasteiger charge is -2.02. The Hall–Kier alpha value is -1.35. The molecule has 1 aromatic rings. The molecule has 12 heavy (non-hydrogen) atoms. The number of nitrogens with one attached hydrogen (secondary N) is 1. The molecule has 0 radical (unpaired) electrons. The van der Waals surface area contributed by atoms with Crippen molar-refractivity contribution >= 4 is 11.6 Å². The van der Waals surface area contributed by atoms with Gasteiger partial charge in [0.05, 0.1) is 6.61 Å². The average molecular weight is 163 g/mol. The van der Waals surface area contributed by atoms with Crippen molar-refractivity contribution in [2.45, 2.75) is 6.61 Å². The van der Waals surface area contributed by atoms with Crippen LogP contribution in [0.3, 0.4) is 0 Å². The summed E-state index contributed by atoms with van der Waals surface area (Å²) >= 11 is 0. The Balaban J connectivity index is 2.37. The first-order valence-electron chi connectivity index (χ1n) is 3.82. The summed E-state index contributed by atoms with van der Waals surface area (Å²) in [5, 5.41) is 2.76. The Morgan fingerprint density at radius 1 is 1.25 bits per heavy atom. The predicted molar refractivity (Wildman–Crippen MR) is 44.7 cm³/mol. The van der Waals surface area contributed by atoms with Gasteiger partial charge in [0.25, 0.3) is 0 Å². The van der Waals surface area contributed by atoms with Crippen LogP contribution in [0.1, 0.15) is 5.56 Å². The highest BCUT2D eigenvalue weighted by Gasteiger charge is 2.10. The van der Waals surface area contributed by atoms with Crippen LogP contribution in [0.5, 0.6) is 0 Å². The Morgan fingerprint density at radius 2 is 2.08 bits per heavy atom. The van der Waals surface area contributed by atoms with Gasteiger partial charge in [0.15, 0.2) is 0 Å². The molecule has 1 aromatic carbocycles. The molecule has 0 aliphatic carbocycles. The zero-order chi connectivity index (χ0) is 8.39. The van der Waals surface area contributed by atoms with Crippen LogP contribution in [0.2, 0.25) is 0 Å². The van der Waals surface area contributed by atoms with Gasteiger partial charge in [-0.25, -0.2) is 0 Å². The molecule has 0 saturated heterocycles. The van der Waals surface area contributed by atoms with E-state index in [1.807, 2.05) is 24.3 Å². The number of hydrogen-bond donors (Lipinski definition) is 1. The highest BCUT2D eigenvalue weighted by molar-refractivity contribution is 5.92. The number of amides is 1. The van der Waals surface area contributed by atoms with E-state index >= 15 is 0 Å². The molecular weight excluding hydrogens is 154 g/mol. The van der Waals surface area contributed by atoms with Gasteiger partial charge in [-0.15, -0.1) is 0 Å². The zero-order valence-electron chi connectivity index (χ0n) is 6.54. The third kappa shape index (κ3) is 1.31. The maximum atomic E-state index is 11.0. The maximum Gasteiger partial charge on any atom is 0.250 e. The number of ether oxygens (including phenoxy) is 1. The smallest absolute Gasteiger partial charge is 0.250 e. The van der Waals surface area contributed by atoms with Crippen molar-refractivity contribution in [1.29, 1.82) is 0 Å². The summed E-state index contributed by atoms with van der Waals surface area (Å²) in [7, 11) is 0. The van der Waals surface area contributed by atoms with Crippen LogP contribution in [0.15, 0.2) is 24.3 Å². The first-order valence-corrected chi connectivity index (χ1v) is 3.82. The summed E-state index contributed by atoms with van der Waals surface area (Å²) in [6.07, 6.45) is 0. The fourth-order valence-electron chi connectivity index (χ4n) is 1.21. The van der Waals surface area contributed by atoms with Gasteiger partial charge in [0.1, 0.15) is 6.61 Å². The Morgan fingerprint density at radius 3 is 3.00 bits per heavy atom. The topological polar surface area (TPSA) is 38.3 Å². The quantitative estimate of drug-likeness (QED) is 0.623. The Kier molecular flexibility index (Phi) is 1.80. The van der Waals surface area contributed by atoms with Crippen LogP contribution in [0, 0.1) is 0 Å². The Bertz CT molecular complexity index is 309. The molecule has 0 aromatic heterocycles. The van der Waals surface area contributed by atoms with Gasteiger partial charge >= 0.3 is 0 Å². The summed E-state index contributed by atoms with van der Waals surface area (Å²) in [6.45, 7) is 0.656. The van der Waals surface area contributed by atoms with Gasteiger partial charge in [0, 0.05) is 11.3 Å². The lowest BCUT2D eigenvalue weighted by atomic mass is 10.2. The minimum atomic E-state index is -0.0834. The minimum Gasteiger partial charge on any atom is -0.367 e. The summed E-state index contributed by atoms with van der Waals surface area (Å²) in [5.74, 6) is -0.0834. The molecular formula is C9H9NO2. The van der Waals surface area contributed by atoms with Gasteiger partial charge in [0.2, 0.25) is 5.91 Å². The highest BCUT2D eigenvalue weighted by atomic mass is 16.5. The van der Waals surface area contributed by atoms with E-state index in [4.69, 9.17) is 4.74 Å². The van der Waals surface area contributed by atoms with Crippen LogP contribution in [0.25, 0.3) is 0 Å². The second-order valence-corrected chi connectivity index (χ2v) is 2.70. The van der Waals surface area contributed by atoms with Crippen molar-refractivity contribution in [3.05, 3.63) is 29.8 Å². The summed E-state index contributed by atoms with van der Waals surface area (Å²) in [6, 6.07) is 7.65. The van der Waals surface area contributed by atoms with E-state index in [0.717, 1.165) is 11.3 Å². The van der Waals surface area contributed by atoms with E-state index in [0.29, 0.717) is 6.61 Å². The van der Waals surface area contributed by atoms with Crippen molar-refractivity contribution in [3.8, 4) is 0 Å². The van der Waals surface area contributed by atoms with Crippen LogP contribution in [0.4, 0.5) is 5.69 Å². The van der Waals surface area contributed by atoms with Crippen molar-refractivity contribution < 1.29 is 9.53 Å². The van der Waals surface area contributed by atoms with E-state index in [-0.39, 0.29) is 12.5 Å². The molecule has 1 heterocycles. The van der Waals surface area contributed by atoms with Crippen molar-refractivity contribution in [1.82, 2.24) is 0 Å². The van der Waals surface area contributed by atoms with E-state index in [2.05, 4.69) is 5.32 Å². The highest BCUT2D eigenvalue weighted by Crippen LogP contribution is 2.17. The maximum absolute atomic E-state index is 11.0. The van der Waals surface area contributed by atoms with Crippen LogP contribution < -0.4 is 5.32 Å². The van der Waals surface area contributed by atoms with Crippen molar-refractivity contribution in [2.75, 3.05) is 11.9 Å². The molecule has 0 spiro atoms. The third-order valence-electron chi connectivity index (χ3n) is 1.78. The predicted octanol–water partition coefficient (Wildman–Crippen LogP) is 1.16. The lowest BCUT2D eigenvalue weighted by Crippen LogP contribution is -2.14. The number of rotatable bonds is 0. The van der Waals surface area contributed by atoms with E-state index in [1.54, 1.807) is 0 Å². The zero-order valence-corrected chi connectivity index (χ0v) is 6.54. The fourth-order valence-corrected chi connectivity index (χ4v) is 1.21. The molecule has 62 valence electrons. The number of para-hydroxylation sites is 1. The van der Waals surface area contributed by atoms with Crippen LogP contribution >= 0.6 is 0 Å². The standard InChI is InChI=1S/C9H9NO2/c11-9-6-12-5-7-3-1-2-4-8(7)10-9/h1-4H,5-6H2,(H,10,11). The first kappa shape index (κ1) is 7.31. The van der Waals surface area contributed by atoms with Crippen LogP contribution in [-0.2, 0) is 16.1 Å². The van der Waals surface area contributed by atoms with Crippen LogP contribution in [-0.4, -0.2) is 12.5 Å². The fraction of sp³-hybridized carbons (Fsp3) is 0.222. The van der Waals surface area contributed by atoms with E-state index in [1.165, 1.54) is 0 Å². The second kappa shape index (κ2) is 2.95. The normalized spacial score (nSPS) is 16.2. The molecule has 0 fully saturated rings. The Labute approximate surface area is 70.3 Å². The largest absolute Gasteiger partial charge is 0.367 e. The summed E-state index contributed by atoms with van der Waals surface area (Å²) < 4.78 is 5.12. The second-order valence-electron chi connectivity index (χ2n) is 2.70. The molecule has 0 saturated carbocycles. The molecule has 0 unspecified atom stereocenters. The van der Waals surface area contributed by atoms with E-state index < -0.39 is 0 Å². The third-order valence-corrected chi connectivity index (χ3v) is 1.78. The number of carbonyl (C=O) groups excluding carboxylic acids is 1. The summed E-state index contributed by atoms with van der Waals surface area (Å²) in [4.78, 5) is 11.0. The monoisotopic (exact) mass is 163 g/mol. The van der Waals surface area contributed by atoms with Gasteiger partial charge < -0.3 is 10.1 Å². The minimum absolute atomic E-state index is 0.0834. The molecule has 3 nitrogen and oxygen atoms in total. The molecule has 1 N–H and O–H groups in total. The van der Waals surface area contributed by atoms with Gasteiger partial charge in [-0.05, 0) is 6.07 Å².